The van der Waals surface area contributed by atoms with Crippen LogP contribution >= 0.6 is 0 Å². The molecule has 2 N–H and O–H groups in total. The van der Waals surface area contributed by atoms with E-state index in [0.717, 1.165) is 12.8 Å². The molecule has 0 aromatic carbocycles. The van der Waals surface area contributed by atoms with Crippen molar-refractivity contribution < 1.29 is 4.79 Å². The number of amides is 1. The van der Waals surface area contributed by atoms with Crippen molar-refractivity contribution in [1.29, 1.82) is 0 Å². The first-order valence-electron chi connectivity index (χ1n) is 4.40. The summed E-state index contributed by atoms with van der Waals surface area (Å²) in [6, 6.07) is 0. The summed E-state index contributed by atoms with van der Waals surface area (Å²) in [5.74, 6) is 1.22. The Morgan fingerprint density at radius 3 is 2.45 bits per heavy atom. The third-order valence-corrected chi connectivity index (χ3v) is 2.82. The highest BCUT2D eigenvalue weighted by atomic mass is 16.1. The minimum atomic E-state index is -0.107. The predicted octanol–water partition coefficient (Wildman–Crippen LogP) is 1.54. The fourth-order valence-corrected chi connectivity index (χ4v) is 1.93. The fraction of sp³-hybridized carbons (Fsp3) is 0.889. The van der Waals surface area contributed by atoms with Crippen molar-refractivity contribution in [3.05, 3.63) is 0 Å². The van der Waals surface area contributed by atoms with E-state index in [1.807, 2.05) is 0 Å². The molecule has 3 atom stereocenters. The third-order valence-electron chi connectivity index (χ3n) is 2.82. The normalized spacial score (nSPS) is 38.5. The van der Waals surface area contributed by atoms with E-state index in [2.05, 4.69) is 13.8 Å². The van der Waals surface area contributed by atoms with Gasteiger partial charge in [-0.15, -0.1) is 0 Å². The molecule has 1 aliphatic rings. The Bertz CT molecular complexity index is 156. The molecule has 0 aromatic heterocycles. The van der Waals surface area contributed by atoms with Gasteiger partial charge in [0.25, 0.3) is 0 Å². The number of rotatable bonds is 1. The summed E-state index contributed by atoms with van der Waals surface area (Å²) in [5.41, 5.74) is 5.28. The Hall–Kier alpha value is -0.530. The highest BCUT2D eigenvalue weighted by Crippen LogP contribution is 2.32. The van der Waals surface area contributed by atoms with Gasteiger partial charge in [-0.1, -0.05) is 20.3 Å². The van der Waals surface area contributed by atoms with Gasteiger partial charge in [-0.3, -0.25) is 4.79 Å². The molecular weight excluding hydrogens is 138 g/mol. The Balaban J connectivity index is 2.54. The Kier molecular flexibility index (Phi) is 2.53. The van der Waals surface area contributed by atoms with Crippen LogP contribution in [0.5, 0.6) is 0 Å². The summed E-state index contributed by atoms with van der Waals surface area (Å²) in [6.45, 7) is 4.32. The second-order valence-corrected chi connectivity index (χ2v) is 3.90. The number of primary amides is 1. The number of carbonyl (C=O) groups excluding carboxylic acids is 1. The highest BCUT2D eigenvalue weighted by molar-refractivity contribution is 5.77. The maximum absolute atomic E-state index is 10.9. The molecule has 0 unspecified atom stereocenters. The van der Waals surface area contributed by atoms with Crippen molar-refractivity contribution in [2.75, 3.05) is 0 Å². The van der Waals surface area contributed by atoms with Gasteiger partial charge in [0.2, 0.25) is 5.91 Å². The van der Waals surface area contributed by atoms with Gasteiger partial charge >= 0.3 is 0 Å². The first-order chi connectivity index (χ1) is 5.11. The Labute approximate surface area is 68.2 Å². The lowest BCUT2D eigenvalue weighted by Gasteiger charge is -2.30. The van der Waals surface area contributed by atoms with Crippen LogP contribution in [-0.2, 0) is 4.79 Å². The molecule has 64 valence electrons. The highest BCUT2D eigenvalue weighted by Gasteiger charge is 2.28. The lowest BCUT2D eigenvalue weighted by molar-refractivity contribution is -0.124. The SMILES string of the molecule is C[C@@H]1CC[C@@H](C)[C@@H](C(N)=O)C1. The number of hydrogen-bond acceptors (Lipinski definition) is 1. The van der Waals surface area contributed by atoms with E-state index in [-0.39, 0.29) is 11.8 Å². The second-order valence-electron chi connectivity index (χ2n) is 3.90. The molecule has 0 bridgehead atoms. The van der Waals surface area contributed by atoms with Crippen molar-refractivity contribution >= 4 is 5.91 Å². The summed E-state index contributed by atoms with van der Waals surface area (Å²) in [6.07, 6.45) is 3.41. The van der Waals surface area contributed by atoms with Crippen LogP contribution in [0.15, 0.2) is 0 Å². The van der Waals surface area contributed by atoms with Crippen LogP contribution in [-0.4, -0.2) is 5.91 Å². The van der Waals surface area contributed by atoms with Crippen molar-refractivity contribution in [2.45, 2.75) is 33.1 Å². The molecule has 0 saturated heterocycles. The molecule has 1 rings (SSSR count). The number of nitrogens with two attached hydrogens (primary N) is 1. The maximum Gasteiger partial charge on any atom is 0.220 e. The van der Waals surface area contributed by atoms with E-state index in [1.165, 1.54) is 6.42 Å². The van der Waals surface area contributed by atoms with Crippen LogP contribution in [0, 0.1) is 17.8 Å². The molecule has 0 aliphatic heterocycles. The average molecular weight is 155 g/mol. The van der Waals surface area contributed by atoms with Crippen molar-refractivity contribution in [3.63, 3.8) is 0 Å². The monoisotopic (exact) mass is 155 g/mol. The maximum atomic E-state index is 10.9. The van der Waals surface area contributed by atoms with Gasteiger partial charge in [0.05, 0.1) is 0 Å². The van der Waals surface area contributed by atoms with Crippen molar-refractivity contribution in [2.24, 2.45) is 23.5 Å². The topological polar surface area (TPSA) is 43.1 Å². The summed E-state index contributed by atoms with van der Waals surface area (Å²) in [4.78, 5) is 10.9. The first-order valence-corrected chi connectivity index (χ1v) is 4.40. The van der Waals surface area contributed by atoms with Crippen LogP contribution in [0.3, 0.4) is 0 Å². The summed E-state index contributed by atoms with van der Waals surface area (Å²) in [5, 5.41) is 0. The predicted molar refractivity (Wildman–Crippen MR) is 44.9 cm³/mol. The smallest absolute Gasteiger partial charge is 0.220 e. The third kappa shape index (κ3) is 1.95. The molecule has 0 heterocycles. The van der Waals surface area contributed by atoms with Gasteiger partial charge in [0.15, 0.2) is 0 Å². The number of hydrogen-bond donors (Lipinski definition) is 1. The molecule has 0 spiro atoms. The van der Waals surface area contributed by atoms with E-state index in [1.54, 1.807) is 0 Å². The van der Waals surface area contributed by atoms with Crippen LogP contribution in [0.25, 0.3) is 0 Å². The molecule has 0 aromatic rings. The van der Waals surface area contributed by atoms with Crippen LogP contribution in [0.1, 0.15) is 33.1 Å². The largest absolute Gasteiger partial charge is 0.369 e. The standard InChI is InChI=1S/C9H17NO/c1-6-3-4-7(2)8(5-6)9(10)11/h6-8H,3-5H2,1-2H3,(H2,10,11)/t6-,7-,8+/m1/s1. The van der Waals surface area contributed by atoms with Crippen molar-refractivity contribution in [3.8, 4) is 0 Å². The van der Waals surface area contributed by atoms with Gasteiger partial charge < -0.3 is 5.73 Å². The summed E-state index contributed by atoms with van der Waals surface area (Å²) < 4.78 is 0. The zero-order valence-corrected chi connectivity index (χ0v) is 7.34. The lowest BCUT2D eigenvalue weighted by Crippen LogP contribution is -2.33. The lowest BCUT2D eigenvalue weighted by atomic mass is 9.75. The average Bonchev–Trinajstić information content (AvgIpc) is 1.94. The van der Waals surface area contributed by atoms with Gasteiger partial charge in [-0.05, 0) is 24.7 Å². The van der Waals surface area contributed by atoms with Gasteiger partial charge in [0, 0.05) is 5.92 Å². The first kappa shape index (κ1) is 8.57. The molecule has 1 aliphatic carbocycles. The van der Waals surface area contributed by atoms with Crippen molar-refractivity contribution in [1.82, 2.24) is 0 Å². The number of carbonyl (C=O) groups is 1. The van der Waals surface area contributed by atoms with Gasteiger partial charge in [0.1, 0.15) is 0 Å². The van der Waals surface area contributed by atoms with Gasteiger partial charge in [-0.2, -0.15) is 0 Å². The quantitative estimate of drug-likeness (QED) is 0.613. The molecule has 2 heteroatoms. The minimum Gasteiger partial charge on any atom is -0.369 e. The molecule has 1 amide bonds. The fourth-order valence-electron chi connectivity index (χ4n) is 1.93. The summed E-state index contributed by atoms with van der Waals surface area (Å²) >= 11 is 0. The summed E-state index contributed by atoms with van der Waals surface area (Å²) in [7, 11) is 0. The second kappa shape index (κ2) is 3.24. The zero-order chi connectivity index (χ0) is 8.43. The molecule has 2 nitrogen and oxygen atoms in total. The van der Waals surface area contributed by atoms with Crippen LogP contribution in [0.4, 0.5) is 0 Å². The minimum absolute atomic E-state index is 0.107. The molecule has 1 fully saturated rings. The van der Waals surface area contributed by atoms with E-state index in [9.17, 15) is 4.79 Å². The molecule has 1 saturated carbocycles. The van der Waals surface area contributed by atoms with Gasteiger partial charge in [-0.25, -0.2) is 0 Å². The van der Waals surface area contributed by atoms with E-state index < -0.39 is 0 Å². The zero-order valence-electron chi connectivity index (χ0n) is 7.34. The van der Waals surface area contributed by atoms with E-state index >= 15 is 0 Å². The Morgan fingerprint density at radius 2 is 2.00 bits per heavy atom. The molecular formula is C9H17NO. The van der Waals surface area contributed by atoms with Crippen LogP contribution in [0.2, 0.25) is 0 Å². The molecule has 11 heavy (non-hydrogen) atoms. The Morgan fingerprint density at radius 1 is 1.36 bits per heavy atom. The van der Waals surface area contributed by atoms with Crippen LogP contribution < -0.4 is 5.73 Å². The van der Waals surface area contributed by atoms with E-state index in [0.29, 0.717) is 11.8 Å². The molecule has 0 radical (unpaired) electrons. The van der Waals surface area contributed by atoms with E-state index in [4.69, 9.17) is 5.73 Å².